The molecule has 0 aromatic heterocycles. The lowest BCUT2D eigenvalue weighted by atomic mass is 9.43. The summed E-state index contributed by atoms with van der Waals surface area (Å²) < 4.78 is 66.1. The van der Waals surface area contributed by atoms with E-state index in [0.717, 1.165) is 19.4 Å². The summed E-state index contributed by atoms with van der Waals surface area (Å²) in [5.74, 6) is -4.64. The van der Waals surface area contributed by atoms with Crippen LogP contribution in [-0.4, -0.2) is 92.5 Å². The van der Waals surface area contributed by atoms with Gasteiger partial charge in [-0.25, -0.2) is 0 Å². The number of ketones is 2. The lowest BCUT2D eigenvalue weighted by molar-refractivity contribution is -0.199. The van der Waals surface area contributed by atoms with Crippen LogP contribution in [0.4, 0.5) is 0 Å². The van der Waals surface area contributed by atoms with Crippen LogP contribution in [0.15, 0.2) is 11.6 Å². The summed E-state index contributed by atoms with van der Waals surface area (Å²) in [6, 6.07) is 0. The van der Waals surface area contributed by atoms with E-state index in [0.29, 0.717) is 0 Å². The monoisotopic (exact) mass is 640 g/mol. The fourth-order valence-electron chi connectivity index (χ4n) is 8.35. The van der Waals surface area contributed by atoms with Gasteiger partial charge in [-0.15, -0.1) is 11.6 Å². The number of ether oxygens (including phenoxy) is 1. The molecule has 0 aromatic rings. The molecule has 0 amide bonds. The second-order valence-electron chi connectivity index (χ2n) is 12.5. The highest BCUT2D eigenvalue weighted by Crippen LogP contribution is 2.72. The molecule has 232 valence electrons. The number of hydrogen-bond donors (Lipinski definition) is 2. The molecule has 4 aliphatic rings. The van der Waals surface area contributed by atoms with Crippen molar-refractivity contribution >= 4 is 49.4 Å². The number of carbonyl (C=O) groups excluding carboxylic acids is 3. The topological polar surface area (TPSA) is 188 Å². The first-order valence-electron chi connectivity index (χ1n) is 13.3. The zero-order chi connectivity index (χ0) is 31.1. The number of rotatable bonds is 7. The van der Waals surface area contributed by atoms with E-state index < -0.39 is 96.0 Å². The average Bonchev–Trinajstić information content (AvgIpc) is 3.01. The van der Waals surface area contributed by atoms with E-state index >= 15 is 0 Å². The first-order chi connectivity index (χ1) is 18.5. The molecule has 41 heavy (non-hydrogen) atoms. The van der Waals surface area contributed by atoms with Crippen LogP contribution in [0.5, 0.6) is 0 Å². The van der Waals surface area contributed by atoms with E-state index in [9.17, 15) is 41.4 Å². The molecule has 3 fully saturated rings. The van der Waals surface area contributed by atoms with Gasteiger partial charge in [0.15, 0.2) is 12.4 Å². The normalized spacial score (nSPS) is 44.3. The van der Waals surface area contributed by atoms with Crippen LogP contribution in [0.1, 0.15) is 53.4 Å². The third-order valence-electron chi connectivity index (χ3n) is 10.1. The smallest absolute Gasteiger partial charge is 0.303 e. The van der Waals surface area contributed by atoms with Crippen molar-refractivity contribution < 1.29 is 54.5 Å². The summed E-state index contributed by atoms with van der Waals surface area (Å²) >= 11 is 7.48. The van der Waals surface area contributed by atoms with Gasteiger partial charge in [-0.05, 0) is 42.7 Å². The molecule has 0 heterocycles. The zero-order valence-corrected chi connectivity index (χ0v) is 26.1. The molecule has 0 aliphatic heterocycles. The summed E-state index contributed by atoms with van der Waals surface area (Å²) in [4.78, 5) is 35.8. The average molecular weight is 641 g/mol. The zero-order valence-electron chi connectivity index (χ0n) is 23.7. The third kappa shape index (κ3) is 4.91. The van der Waals surface area contributed by atoms with Gasteiger partial charge in [0.2, 0.25) is 5.78 Å². The van der Waals surface area contributed by atoms with E-state index in [2.05, 4.69) is 0 Å². The second kappa shape index (κ2) is 10.1. The first kappa shape index (κ1) is 32.5. The highest BCUT2D eigenvalue weighted by atomic mass is 35.5. The first-order valence-corrected chi connectivity index (χ1v) is 17.3. The van der Waals surface area contributed by atoms with Crippen molar-refractivity contribution in [3.63, 3.8) is 0 Å². The Morgan fingerprint density at radius 3 is 2.24 bits per heavy atom. The number of alkyl halides is 1. The fourth-order valence-corrected chi connectivity index (χ4v) is 10.1. The number of aliphatic hydroxyl groups is 2. The van der Waals surface area contributed by atoms with E-state index in [1.165, 1.54) is 6.08 Å². The van der Waals surface area contributed by atoms with Crippen LogP contribution >= 0.6 is 11.6 Å². The SMILES string of the molecule is CC(=O)OCC(=O)[C@@]1(O)[C@@H](C)C[C@H]2[C@@H]3[C@@H](OS(C)(=O)=O)[C@@H](OS(C)(=O)=O)C4=CC(=O)CC[C@]4(C)[C@@]3(Cl)[C@@H](O)C[C@@]21C. The highest BCUT2D eigenvalue weighted by Gasteiger charge is 2.78. The Bertz CT molecular complexity index is 1410. The molecule has 4 rings (SSSR count). The summed E-state index contributed by atoms with van der Waals surface area (Å²) in [5.41, 5.74) is -4.75. The van der Waals surface area contributed by atoms with Gasteiger partial charge in [-0.3, -0.25) is 22.7 Å². The Kier molecular flexibility index (Phi) is 7.98. The van der Waals surface area contributed by atoms with E-state index in [-0.39, 0.29) is 37.0 Å². The summed E-state index contributed by atoms with van der Waals surface area (Å²) in [6.07, 6.45) is -1.99. The molecule has 2 N–H and O–H groups in total. The summed E-state index contributed by atoms with van der Waals surface area (Å²) in [5, 5.41) is 23.9. The number of fused-ring (bicyclic) bond motifs is 5. The number of Topliss-reactive ketones (excluding diaryl/α,β-unsaturated/α-hetero) is 1. The van der Waals surface area contributed by atoms with Gasteiger partial charge in [-0.2, -0.15) is 16.8 Å². The van der Waals surface area contributed by atoms with Gasteiger partial charge in [-0.1, -0.05) is 20.8 Å². The lowest BCUT2D eigenvalue weighted by Gasteiger charge is -2.67. The van der Waals surface area contributed by atoms with Gasteiger partial charge in [0.1, 0.15) is 17.8 Å². The predicted octanol–water partition coefficient (Wildman–Crippen LogP) is 0.869. The van der Waals surface area contributed by atoms with Crippen molar-refractivity contribution in [3.8, 4) is 0 Å². The number of hydrogen-bond acceptors (Lipinski definition) is 12. The molecular weight excluding hydrogens is 604 g/mol. The quantitative estimate of drug-likeness (QED) is 0.227. The number of aliphatic hydroxyl groups excluding tert-OH is 1. The fraction of sp³-hybridized carbons (Fsp3) is 0.808. The highest BCUT2D eigenvalue weighted by molar-refractivity contribution is 7.86. The molecule has 0 spiro atoms. The second-order valence-corrected chi connectivity index (χ2v) is 16.4. The van der Waals surface area contributed by atoms with Crippen molar-refractivity contribution in [2.45, 2.75) is 82.2 Å². The Hall–Kier alpha value is -1.42. The molecule has 0 saturated heterocycles. The largest absolute Gasteiger partial charge is 0.458 e. The Morgan fingerprint density at radius 2 is 1.71 bits per heavy atom. The Balaban J connectivity index is 1.99. The minimum Gasteiger partial charge on any atom is -0.458 e. The van der Waals surface area contributed by atoms with Crippen molar-refractivity contribution in [1.29, 1.82) is 0 Å². The van der Waals surface area contributed by atoms with Gasteiger partial charge < -0.3 is 14.9 Å². The van der Waals surface area contributed by atoms with Crippen molar-refractivity contribution in [3.05, 3.63) is 11.6 Å². The lowest BCUT2D eigenvalue weighted by Crippen LogP contribution is -2.75. The molecule has 0 unspecified atom stereocenters. The van der Waals surface area contributed by atoms with Gasteiger partial charge in [0.25, 0.3) is 20.2 Å². The van der Waals surface area contributed by atoms with Crippen LogP contribution in [0.25, 0.3) is 0 Å². The van der Waals surface area contributed by atoms with Crippen LogP contribution in [0.3, 0.4) is 0 Å². The van der Waals surface area contributed by atoms with E-state index in [4.69, 9.17) is 24.7 Å². The van der Waals surface area contributed by atoms with Crippen LogP contribution in [-0.2, 0) is 47.7 Å². The van der Waals surface area contributed by atoms with Crippen LogP contribution in [0, 0.1) is 28.6 Å². The molecule has 0 radical (unpaired) electrons. The minimum absolute atomic E-state index is 0.0280. The van der Waals surface area contributed by atoms with Crippen LogP contribution in [0.2, 0.25) is 0 Å². The Labute approximate surface area is 245 Å². The third-order valence-corrected chi connectivity index (χ3v) is 12.1. The van der Waals surface area contributed by atoms with E-state index in [1.807, 2.05) is 0 Å². The summed E-state index contributed by atoms with van der Waals surface area (Å²) in [6.45, 7) is 5.26. The van der Waals surface area contributed by atoms with Crippen LogP contribution < -0.4 is 0 Å². The van der Waals surface area contributed by atoms with Crippen molar-refractivity contribution in [2.24, 2.45) is 28.6 Å². The van der Waals surface area contributed by atoms with Gasteiger partial charge >= 0.3 is 5.97 Å². The number of halogens is 1. The standard InChI is InChI=1S/C26H37ClO12S2/c1-13-9-16-20-22(39-41(6,35)36)21(38-40(5,33)34)17-10-15(29)7-8-23(17,3)25(20,27)18(30)11-24(16,4)26(13,32)19(31)12-37-14(2)28/h10,13,16,18,20-22,30,32H,7-9,11-12H2,1-6H3/t13-,16-,18-,20+,21-,22+,23-,24-,25+,26-/m0/s1. The van der Waals surface area contributed by atoms with E-state index in [1.54, 1.807) is 20.8 Å². The van der Waals surface area contributed by atoms with Crippen molar-refractivity contribution in [2.75, 3.05) is 19.1 Å². The van der Waals surface area contributed by atoms with Gasteiger partial charge in [0.05, 0.1) is 23.5 Å². The molecule has 4 aliphatic carbocycles. The number of carbonyl (C=O) groups is 3. The molecule has 15 heteroatoms. The van der Waals surface area contributed by atoms with Crippen molar-refractivity contribution in [1.82, 2.24) is 0 Å². The summed E-state index contributed by atoms with van der Waals surface area (Å²) in [7, 11) is -8.58. The Morgan fingerprint density at radius 1 is 1.12 bits per heavy atom. The minimum atomic E-state index is -4.32. The number of esters is 1. The predicted molar refractivity (Wildman–Crippen MR) is 145 cm³/mol. The molecule has 0 aromatic carbocycles. The maximum atomic E-state index is 13.5. The molecule has 0 bridgehead atoms. The maximum absolute atomic E-state index is 13.5. The molecule has 3 saturated carbocycles. The maximum Gasteiger partial charge on any atom is 0.303 e. The molecular formula is C26H37ClO12S2. The molecule has 12 nitrogen and oxygen atoms in total. The van der Waals surface area contributed by atoms with Gasteiger partial charge in [0, 0.05) is 30.1 Å². The molecule has 10 atom stereocenters.